The van der Waals surface area contributed by atoms with Crippen LogP contribution in [0.2, 0.25) is 0 Å². The van der Waals surface area contributed by atoms with Crippen molar-refractivity contribution in [1.82, 2.24) is 10.3 Å². The Balaban J connectivity index is 1.99. The van der Waals surface area contributed by atoms with Crippen LogP contribution in [0.25, 0.3) is 0 Å². The second-order valence-corrected chi connectivity index (χ2v) is 7.62. The van der Waals surface area contributed by atoms with Crippen LogP contribution in [-0.2, 0) is 14.3 Å². The van der Waals surface area contributed by atoms with E-state index in [2.05, 4.69) is 42.5 Å². The molecular weight excluding hydrogens is 342 g/mol. The molecule has 2 amide bonds. The Morgan fingerprint density at radius 2 is 2.07 bits per heavy atom. The molecule has 0 aliphatic heterocycles. The van der Waals surface area contributed by atoms with Gasteiger partial charge in [0.05, 0.1) is 0 Å². The molecule has 0 bridgehead atoms. The number of allylic oxidation sites excluding steroid dienone is 1. The number of nitrogens with one attached hydrogen (secondary N) is 2. The number of amides is 2. The predicted octanol–water partition coefficient (Wildman–Crippen LogP) is 3.03. The first-order valence-electron chi connectivity index (χ1n) is 9.55. The van der Waals surface area contributed by atoms with Gasteiger partial charge >= 0.3 is 0 Å². The molecule has 148 valence electrons. The molecule has 0 saturated heterocycles. The summed E-state index contributed by atoms with van der Waals surface area (Å²) < 4.78 is 4.87. The molecular formula is C21H31N3O3. The van der Waals surface area contributed by atoms with E-state index in [1.54, 1.807) is 12.3 Å². The summed E-state index contributed by atoms with van der Waals surface area (Å²) in [6, 6.07) is 5.46. The molecule has 1 aromatic rings. The molecule has 1 heterocycles. The number of pyridine rings is 1. The van der Waals surface area contributed by atoms with Crippen LogP contribution < -0.4 is 10.6 Å². The second-order valence-electron chi connectivity index (χ2n) is 7.62. The highest BCUT2D eigenvalue weighted by Crippen LogP contribution is 2.38. The lowest BCUT2D eigenvalue weighted by Gasteiger charge is -2.37. The third kappa shape index (κ3) is 6.47. The summed E-state index contributed by atoms with van der Waals surface area (Å²) in [7, 11) is 1.52. The monoisotopic (exact) mass is 373 g/mol. The van der Waals surface area contributed by atoms with Crippen LogP contribution >= 0.6 is 0 Å². The fourth-order valence-electron chi connectivity index (χ4n) is 3.78. The van der Waals surface area contributed by atoms with E-state index in [1.807, 2.05) is 12.1 Å². The summed E-state index contributed by atoms with van der Waals surface area (Å²) >= 11 is 0. The SMILES string of the molecule is COCC(=O)NC[C@@H]1C=C(C)[C@H](CC(=O)Nc2ccccn2)C[C@H]1C(C)C. The van der Waals surface area contributed by atoms with Gasteiger partial charge in [-0.25, -0.2) is 4.98 Å². The maximum Gasteiger partial charge on any atom is 0.246 e. The molecule has 3 atom stereocenters. The number of carbonyl (C=O) groups is 2. The van der Waals surface area contributed by atoms with E-state index in [9.17, 15) is 9.59 Å². The Kier molecular flexibility index (Phi) is 7.98. The first-order chi connectivity index (χ1) is 12.9. The van der Waals surface area contributed by atoms with Crippen LogP contribution in [0.4, 0.5) is 5.82 Å². The molecule has 0 spiro atoms. The average Bonchev–Trinajstić information content (AvgIpc) is 2.62. The van der Waals surface area contributed by atoms with Crippen molar-refractivity contribution in [2.24, 2.45) is 23.7 Å². The topological polar surface area (TPSA) is 80.3 Å². The Labute approximate surface area is 161 Å². The number of carbonyl (C=O) groups excluding carboxylic acids is 2. The summed E-state index contributed by atoms with van der Waals surface area (Å²) in [6.45, 7) is 7.18. The van der Waals surface area contributed by atoms with Gasteiger partial charge in [-0.15, -0.1) is 0 Å². The predicted molar refractivity (Wildman–Crippen MR) is 106 cm³/mol. The van der Waals surface area contributed by atoms with Crippen LogP contribution in [0.15, 0.2) is 36.0 Å². The van der Waals surface area contributed by atoms with Crippen molar-refractivity contribution >= 4 is 17.6 Å². The van der Waals surface area contributed by atoms with Crippen molar-refractivity contribution in [2.45, 2.75) is 33.6 Å². The van der Waals surface area contributed by atoms with Crippen molar-refractivity contribution in [1.29, 1.82) is 0 Å². The lowest BCUT2D eigenvalue weighted by molar-refractivity contribution is -0.125. The van der Waals surface area contributed by atoms with E-state index < -0.39 is 0 Å². The molecule has 6 nitrogen and oxygen atoms in total. The quantitative estimate of drug-likeness (QED) is 0.687. The minimum atomic E-state index is -0.0945. The van der Waals surface area contributed by atoms with Crippen molar-refractivity contribution in [3.05, 3.63) is 36.0 Å². The van der Waals surface area contributed by atoms with Gasteiger partial charge in [0.2, 0.25) is 11.8 Å². The minimum Gasteiger partial charge on any atom is -0.375 e. The van der Waals surface area contributed by atoms with Gasteiger partial charge in [0.15, 0.2) is 0 Å². The number of ether oxygens (including phenoxy) is 1. The standard InChI is InChI=1S/C21H31N3O3/c1-14(2)18-10-16(11-20(25)24-19-7-5-6-8-22-19)15(3)9-17(18)12-23-21(26)13-27-4/h5-9,14,16-18H,10-13H2,1-4H3,(H,23,26)(H,22,24,25)/t16-,17-,18-/m0/s1. The fraction of sp³-hybridized carbons (Fsp3) is 0.571. The normalized spacial score (nSPS) is 22.3. The van der Waals surface area contributed by atoms with Crippen LogP contribution in [0.3, 0.4) is 0 Å². The molecule has 0 unspecified atom stereocenters. The summed E-state index contributed by atoms with van der Waals surface area (Å²) in [5.41, 5.74) is 1.22. The van der Waals surface area contributed by atoms with Gasteiger partial charge in [-0.1, -0.05) is 31.6 Å². The molecule has 1 aliphatic carbocycles. The zero-order valence-electron chi connectivity index (χ0n) is 16.7. The molecule has 1 aromatic heterocycles. The molecule has 1 aliphatic rings. The average molecular weight is 373 g/mol. The first kappa shape index (κ1) is 21.1. The zero-order chi connectivity index (χ0) is 19.8. The Hall–Kier alpha value is -2.21. The summed E-state index contributed by atoms with van der Waals surface area (Å²) in [5, 5.41) is 5.82. The van der Waals surface area contributed by atoms with Gasteiger partial charge in [-0.2, -0.15) is 0 Å². The fourth-order valence-corrected chi connectivity index (χ4v) is 3.78. The third-order valence-corrected chi connectivity index (χ3v) is 5.26. The van der Waals surface area contributed by atoms with E-state index >= 15 is 0 Å². The van der Waals surface area contributed by atoms with Crippen LogP contribution in [0.1, 0.15) is 33.6 Å². The molecule has 0 radical (unpaired) electrons. The third-order valence-electron chi connectivity index (χ3n) is 5.26. The van der Waals surface area contributed by atoms with E-state index in [4.69, 9.17) is 4.74 Å². The summed E-state index contributed by atoms with van der Waals surface area (Å²) in [6.07, 6.45) is 5.30. The van der Waals surface area contributed by atoms with Crippen LogP contribution in [0.5, 0.6) is 0 Å². The highest BCUT2D eigenvalue weighted by molar-refractivity contribution is 5.90. The lowest BCUT2D eigenvalue weighted by Crippen LogP contribution is -2.38. The second kappa shape index (κ2) is 10.2. The van der Waals surface area contributed by atoms with E-state index in [0.29, 0.717) is 30.6 Å². The minimum absolute atomic E-state index is 0.0131. The number of hydrogen-bond donors (Lipinski definition) is 2. The molecule has 6 heteroatoms. The first-order valence-corrected chi connectivity index (χ1v) is 9.55. The highest BCUT2D eigenvalue weighted by Gasteiger charge is 2.32. The van der Waals surface area contributed by atoms with Crippen molar-refractivity contribution in [3.63, 3.8) is 0 Å². The smallest absolute Gasteiger partial charge is 0.246 e. The Morgan fingerprint density at radius 1 is 1.30 bits per heavy atom. The van der Waals surface area contributed by atoms with E-state index in [0.717, 1.165) is 6.42 Å². The summed E-state index contributed by atoms with van der Waals surface area (Å²) in [5.74, 6) is 1.86. The van der Waals surface area contributed by atoms with Gasteiger partial charge in [-0.05, 0) is 49.1 Å². The van der Waals surface area contributed by atoms with Crippen LogP contribution in [-0.4, -0.2) is 37.1 Å². The lowest BCUT2D eigenvalue weighted by atomic mass is 9.69. The molecule has 27 heavy (non-hydrogen) atoms. The summed E-state index contributed by atoms with van der Waals surface area (Å²) in [4.78, 5) is 28.3. The number of methoxy groups -OCH3 is 1. The number of aromatic nitrogens is 1. The van der Waals surface area contributed by atoms with Crippen molar-refractivity contribution in [2.75, 3.05) is 25.6 Å². The number of anilines is 1. The zero-order valence-corrected chi connectivity index (χ0v) is 16.7. The number of hydrogen-bond acceptors (Lipinski definition) is 4. The van der Waals surface area contributed by atoms with Gasteiger partial charge in [0.25, 0.3) is 0 Å². The van der Waals surface area contributed by atoms with Crippen molar-refractivity contribution in [3.8, 4) is 0 Å². The maximum absolute atomic E-state index is 12.4. The molecule has 0 fully saturated rings. The number of nitrogens with zero attached hydrogens (tertiary/aromatic N) is 1. The number of rotatable bonds is 8. The van der Waals surface area contributed by atoms with E-state index in [-0.39, 0.29) is 30.3 Å². The Morgan fingerprint density at radius 3 is 2.70 bits per heavy atom. The molecule has 0 saturated carbocycles. The van der Waals surface area contributed by atoms with Crippen LogP contribution in [0, 0.1) is 23.7 Å². The van der Waals surface area contributed by atoms with Gasteiger partial charge in [-0.3, -0.25) is 9.59 Å². The Bertz CT molecular complexity index is 658. The maximum atomic E-state index is 12.4. The van der Waals surface area contributed by atoms with E-state index in [1.165, 1.54) is 12.7 Å². The van der Waals surface area contributed by atoms with Gasteiger partial charge in [0.1, 0.15) is 12.4 Å². The van der Waals surface area contributed by atoms with Gasteiger partial charge < -0.3 is 15.4 Å². The molecule has 2 rings (SSSR count). The molecule has 0 aromatic carbocycles. The molecule has 2 N–H and O–H groups in total. The van der Waals surface area contributed by atoms with Crippen molar-refractivity contribution < 1.29 is 14.3 Å². The van der Waals surface area contributed by atoms with Gasteiger partial charge in [0, 0.05) is 26.3 Å². The largest absolute Gasteiger partial charge is 0.375 e. The highest BCUT2D eigenvalue weighted by atomic mass is 16.5.